The molecule has 2 aromatic rings. The number of hydrogen-bond donors (Lipinski definition) is 2. The monoisotopic (exact) mass is 304 g/mol. The Morgan fingerprint density at radius 3 is 2.68 bits per heavy atom. The lowest BCUT2D eigenvalue weighted by Gasteiger charge is -2.13. The Bertz CT molecular complexity index is 671. The molecule has 0 bridgehead atoms. The lowest BCUT2D eigenvalue weighted by molar-refractivity contribution is 0.581. The molecule has 0 fully saturated rings. The van der Waals surface area contributed by atoms with Gasteiger partial charge in [-0.3, -0.25) is 9.98 Å². The van der Waals surface area contributed by atoms with Gasteiger partial charge in [-0.15, -0.1) is 0 Å². The van der Waals surface area contributed by atoms with Crippen LogP contribution in [0.1, 0.15) is 16.8 Å². The predicted molar refractivity (Wildman–Crippen MR) is 82.4 cm³/mol. The van der Waals surface area contributed by atoms with E-state index in [2.05, 4.69) is 20.6 Å². The maximum atomic E-state index is 13.6. The van der Waals surface area contributed by atoms with Crippen LogP contribution in [0.2, 0.25) is 0 Å². The van der Waals surface area contributed by atoms with Crippen LogP contribution in [0.25, 0.3) is 0 Å². The van der Waals surface area contributed by atoms with Gasteiger partial charge in [0.15, 0.2) is 5.96 Å². The summed E-state index contributed by atoms with van der Waals surface area (Å²) in [5, 5.41) is 6.04. The Morgan fingerprint density at radius 1 is 1.18 bits per heavy atom. The molecular formula is C16H18F2N4. The summed E-state index contributed by atoms with van der Waals surface area (Å²) in [4.78, 5) is 8.32. The summed E-state index contributed by atoms with van der Waals surface area (Å²) in [5.74, 6) is -0.427. The highest BCUT2D eigenvalue weighted by Gasteiger charge is 2.06. The molecule has 2 N–H and O–H groups in total. The van der Waals surface area contributed by atoms with Crippen molar-refractivity contribution in [3.63, 3.8) is 0 Å². The molecule has 6 heteroatoms. The Kier molecular flexibility index (Phi) is 5.41. The number of aryl methyl sites for hydroxylation is 1. The van der Waals surface area contributed by atoms with Gasteiger partial charge in [-0.05, 0) is 36.8 Å². The molecule has 0 aliphatic rings. The van der Waals surface area contributed by atoms with E-state index < -0.39 is 11.6 Å². The smallest absolute Gasteiger partial charge is 0.191 e. The number of nitrogens with one attached hydrogen (secondary N) is 2. The number of aliphatic imine (C=N–C) groups is 1. The maximum absolute atomic E-state index is 13.6. The van der Waals surface area contributed by atoms with Crippen molar-refractivity contribution in [2.75, 3.05) is 7.05 Å². The van der Waals surface area contributed by atoms with Gasteiger partial charge in [0.2, 0.25) is 0 Å². The number of nitrogens with zero attached hydrogens (tertiary/aromatic N) is 2. The van der Waals surface area contributed by atoms with Crippen LogP contribution in [0.5, 0.6) is 0 Å². The standard InChI is InChI=1S/C16H18F2N4/c1-11-4-3-7-20-15(11)10-22-16(19-2)21-9-12-8-13(17)5-6-14(12)18/h3-8H,9-10H2,1-2H3,(H2,19,21,22). The molecule has 1 heterocycles. The average Bonchev–Trinajstić information content (AvgIpc) is 2.52. The Balaban J connectivity index is 1.93. The molecule has 4 nitrogen and oxygen atoms in total. The number of aromatic nitrogens is 1. The first kappa shape index (κ1) is 15.9. The third kappa shape index (κ3) is 4.25. The predicted octanol–water partition coefficient (Wildman–Crippen LogP) is 2.53. The minimum absolute atomic E-state index is 0.143. The topological polar surface area (TPSA) is 49.3 Å². The zero-order valence-corrected chi connectivity index (χ0v) is 12.5. The number of benzene rings is 1. The molecule has 1 aromatic carbocycles. The largest absolute Gasteiger partial charge is 0.352 e. The van der Waals surface area contributed by atoms with Gasteiger partial charge in [0.1, 0.15) is 11.6 Å². The van der Waals surface area contributed by atoms with Gasteiger partial charge in [-0.1, -0.05) is 6.07 Å². The molecule has 0 amide bonds. The van der Waals surface area contributed by atoms with Gasteiger partial charge in [0.05, 0.1) is 12.2 Å². The molecule has 0 saturated carbocycles. The Hall–Kier alpha value is -2.50. The van der Waals surface area contributed by atoms with Crippen LogP contribution in [-0.4, -0.2) is 18.0 Å². The van der Waals surface area contributed by atoms with Gasteiger partial charge in [-0.25, -0.2) is 8.78 Å². The zero-order valence-electron chi connectivity index (χ0n) is 12.5. The van der Waals surface area contributed by atoms with Crippen LogP contribution < -0.4 is 10.6 Å². The van der Waals surface area contributed by atoms with Gasteiger partial charge >= 0.3 is 0 Å². The van der Waals surface area contributed by atoms with E-state index >= 15 is 0 Å². The number of pyridine rings is 1. The fraction of sp³-hybridized carbons (Fsp3) is 0.250. The molecule has 0 radical (unpaired) electrons. The van der Waals surface area contributed by atoms with Crippen molar-refractivity contribution < 1.29 is 8.78 Å². The minimum atomic E-state index is -0.467. The van der Waals surface area contributed by atoms with Crippen molar-refractivity contribution in [1.82, 2.24) is 15.6 Å². The molecule has 2 rings (SSSR count). The first-order valence-electron chi connectivity index (χ1n) is 6.89. The molecule has 0 aliphatic heterocycles. The Labute approximate surface area is 128 Å². The molecule has 0 atom stereocenters. The minimum Gasteiger partial charge on any atom is -0.352 e. The van der Waals surface area contributed by atoms with Crippen LogP contribution in [0.3, 0.4) is 0 Å². The van der Waals surface area contributed by atoms with Crippen molar-refractivity contribution in [1.29, 1.82) is 0 Å². The first-order valence-corrected chi connectivity index (χ1v) is 6.89. The zero-order chi connectivity index (χ0) is 15.9. The van der Waals surface area contributed by atoms with Gasteiger partial charge in [-0.2, -0.15) is 0 Å². The van der Waals surface area contributed by atoms with E-state index in [1.54, 1.807) is 13.2 Å². The lowest BCUT2D eigenvalue weighted by Crippen LogP contribution is -2.36. The SMILES string of the molecule is CN=C(NCc1cc(F)ccc1F)NCc1ncccc1C. The molecule has 116 valence electrons. The Morgan fingerprint density at radius 2 is 1.95 bits per heavy atom. The summed E-state index contributed by atoms with van der Waals surface area (Å²) in [5.41, 5.74) is 2.22. The van der Waals surface area contributed by atoms with Crippen LogP contribution in [0.4, 0.5) is 8.78 Å². The fourth-order valence-corrected chi connectivity index (χ4v) is 1.95. The average molecular weight is 304 g/mol. The van der Waals surface area contributed by atoms with Gasteiger partial charge in [0, 0.05) is 25.4 Å². The summed E-state index contributed by atoms with van der Waals surface area (Å²) in [6, 6.07) is 7.22. The van der Waals surface area contributed by atoms with Crippen molar-refractivity contribution in [3.8, 4) is 0 Å². The van der Waals surface area contributed by atoms with Gasteiger partial charge in [0.25, 0.3) is 0 Å². The number of guanidine groups is 1. The lowest BCUT2D eigenvalue weighted by atomic mass is 10.2. The third-order valence-corrected chi connectivity index (χ3v) is 3.22. The molecule has 0 spiro atoms. The molecule has 0 aliphatic carbocycles. The highest BCUT2D eigenvalue weighted by Crippen LogP contribution is 2.09. The van der Waals surface area contributed by atoms with E-state index in [9.17, 15) is 8.78 Å². The summed E-state index contributed by atoms with van der Waals surface area (Å²) >= 11 is 0. The quantitative estimate of drug-likeness (QED) is 0.674. The van der Waals surface area contributed by atoms with Gasteiger partial charge < -0.3 is 10.6 Å². The van der Waals surface area contributed by atoms with E-state index in [1.807, 2.05) is 19.1 Å². The molecule has 22 heavy (non-hydrogen) atoms. The number of halogens is 2. The van der Waals surface area contributed by atoms with Crippen LogP contribution in [0.15, 0.2) is 41.5 Å². The van der Waals surface area contributed by atoms with E-state index in [-0.39, 0.29) is 12.1 Å². The number of hydrogen-bond acceptors (Lipinski definition) is 2. The maximum Gasteiger partial charge on any atom is 0.191 e. The second kappa shape index (κ2) is 7.49. The second-order valence-electron chi connectivity index (χ2n) is 4.78. The van der Waals surface area contributed by atoms with E-state index in [0.717, 1.165) is 23.4 Å². The molecule has 1 aromatic heterocycles. The molecular weight excluding hydrogens is 286 g/mol. The fourth-order valence-electron chi connectivity index (χ4n) is 1.95. The van der Waals surface area contributed by atoms with Crippen molar-refractivity contribution >= 4 is 5.96 Å². The molecule has 0 unspecified atom stereocenters. The first-order chi connectivity index (χ1) is 10.6. The van der Waals surface area contributed by atoms with Crippen LogP contribution in [-0.2, 0) is 13.1 Å². The highest BCUT2D eigenvalue weighted by atomic mass is 19.1. The summed E-state index contributed by atoms with van der Waals surface area (Å²) < 4.78 is 26.7. The highest BCUT2D eigenvalue weighted by molar-refractivity contribution is 5.79. The van der Waals surface area contributed by atoms with Crippen LogP contribution in [0, 0.1) is 18.6 Å². The summed E-state index contributed by atoms with van der Waals surface area (Å²) in [6.45, 7) is 2.62. The summed E-state index contributed by atoms with van der Waals surface area (Å²) in [7, 11) is 1.61. The number of rotatable bonds is 4. The van der Waals surface area contributed by atoms with E-state index in [4.69, 9.17) is 0 Å². The van der Waals surface area contributed by atoms with E-state index in [1.165, 1.54) is 6.07 Å². The third-order valence-electron chi connectivity index (χ3n) is 3.22. The molecule has 0 saturated heterocycles. The normalized spacial score (nSPS) is 11.4. The second-order valence-corrected chi connectivity index (χ2v) is 4.78. The van der Waals surface area contributed by atoms with Crippen molar-refractivity contribution in [2.45, 2.75) is 20.0 Å². The van der Waals surface area contributed by atoms with Crippen LogP contribution >= 0.6 is 0 Å². The van der Waals surface area contributed by atoms with Crippen molar-refractivity contribution in [3.05, 3.63) is 65.0 Å². The summed E-state index contributed by atoms with van der Waals surface area (Å²) in [6.07, 6.45) is 1.72. The van der Waals surface area contributed by atoms with Crippen molar-refractivity contribution in [2.24, 2.45) is 4.99 Å². The van der Waals surface area contributed by atoms with E-state index in [0.29, 0.717) is 12.5 Å².